The van der Waals surface area contributed by atoms with Gasteiger partial charge in [0, 0.05) is 12.0 Å². The fourth-order valence-electron chi connectivity index (χ4n) is 5.98. The number of carbonyl (C=O) groups is 2. The predicted molar refractivity (Wildman–Crippen MR) is 77.4 cm³/mol. The first-order valence-electron chi connectivity index (χ1n) is 8.66. The summed E-state index contributed by atoms with van der Waals surface area (Å²) in [6, 6.07) is 0.380. The lowest BCUT2D eigenvalue weighted by Gasteiger charge is -2.32. The molecule has 5 unspecified atom stereocenters. The van der Waals surface area contributed by atoms with Gasteiger partial charge in [0.2, 0.25) is 5.91 Å². The molecule has 4 aliphatic carbocycles. The number of carbonyl (C=O) groups excluding carboxylic acids is 1. The molecule has 0 heterocycles. The van der Waals surface area contributed by atoms with Crippen LogP contribution in [0.4, 0.5) is 0 Å². The van der Waals surface area contributed by atoms with Gasteiger partial charge in [0.1, 0.15) is 0 Å². The Morgan fingerprint density at radius 2 is 1.62 bits per heavy atom. The Labute approximate surface area is 125 Å². The molecule has 0 aliphatic heterocycles. The molecule has 116 valence electrons. The molecule has 4 nitrogen and oxygen atoms in total. The fraction of sp³-hybridized carbons (Fsp3) is 0.882. The van der Waals surface area contributed by atoms with Crippen LogP contribution in [0.2, 0.25) is 0 Å². The third-order valence-electron chi connectivity index (χ3n) is 6.91. The van der Waals surface area contributed by atoms with Gasteiger partial charge in [-0.3, -0.25) is 9.59 Å². The summed E-state index contributed by atoms with van der Waals surface area (Å²) < 4.78 is 0. The molecule has 4 fully saturated rings. The highest BCUT2D eigenvalue weighted by molar-refractivity contribution is 5.81. The van der Waals surface area contributed by atoms with E-state index in [4.69, 9.17) is 5.11 Å². The van der Waals surface area contributed by atoms with Gasteiger partial charge in [-0.15, -0.1) is 0 Å². The van der Waals surface area contributed by atoms with Crippen molar-refractivity contribution in [3.05, 3.63) is 0 Å². The normalized spacial score (nSPS) is 47.5. The monoisotopic (exact) mass is 291 g/mol. The highest BCUT2D eigenvalue weighted by Crippen LogP contribution is 2.58. The van der Waals surface area contributed by atoms with Gasteiger partial charge in [-0.1, -0.05) is 6.42 Å². The summed E-state index contributed by atoms with van der Waals surface area (Å²) in [7, 11) is 0. The molecular formula is C17H25NO3. The van der Waals surface area contributed by atoms with E-state index in [-0.39, 0.29) is 17.7 Å². The van der Waals surface area contributed by atoms with Crippen LogP contribution in [-0.2, 0) is 9.59 Å². The first kappa shape index (κ1) is 13.6. The van der Waals surface area contributed by atoms with E-state index in [2.05, 4.69) is 5.32 Å². The standard InChI is InChI=1S/C17H25NO3/c19-16(9-4-5-10(6-9)17(20)21)18-15-8-11-7-14(15)13-3-1-2-12(11)13/h9-15H,1-8H2,(H,18,19)(H,20,21)/t9-,10+,11?,12?,13?,14?,15?/m1/s1. The summed E-state index contributed by atoms with van der Waals surface area (Å²) in [4.78, 5) is 23.4. The fourth-order valence-corrected chi connectivity index (χ4v) is 5.98. The van der Waals surface area contributed by atoms with Crippen LogP contribution in [0.1, 0.15) is 51.4 Å². The molecule has 4 heteroatoms. The third-order valence-corrected chi connectivity index (χ3v) is 6.91. The lowest BCUT2D eigenvalue weighted by Crippen LogP contribution is -2.44. The van der Waals surface area contributed by atoms with Crippen molar-refractivity contribution in [1.82, 2.24) is 5.32 Å². The van der Waals surface area contributed by atoms with E-state index in [1.807, 2.05) is 0 Å². The number of nitrogens with one attached hydrogen (secondary N) is 1. The highest BCUT2D eigenvalue weighted by atomic mass is 16.4. The van der Waals surface area contributed by atoms with Gasteiger partial charge in [0.25, 0.3) is 0 Å². The van der Waals surface area contributed by atoms with Crippen LogP contribution in [0, 0.1) is 35.5 Å². The molecule has 0 aromatic heterocycles. The van der Waals surface area contributed by atoms with Gasteiger partial charge in [-0.2, -0.15) is 0 Å². The minimum atomic E-state index is -0.737. The second-order valence-corrected chi connectivity index (χ2v) is 7.81. The van der Waals surface area contributed by atoms with Crippen molar-refractivity contribution in [3.63, 3.8) is 0 Å². The Balaban J connectivity index is 1.35. The molecule has 7 atom stereocenters. The number of amides is 1. The molecule has 0 aromatic rings. The van der Waals surface area contributed by atoms with Crippen LogP contribution in [0.25, 0.3) is 0 Å². The summed E-state index contributed by atoms with van der Waals surface area (Å²) in [5, 5.41) is 12.3. The maximum atomic E-state index is 12.4. The average molecular weight is 291 g/mol. The lowest BCUT2D eigenvalue weighted by molar-refractivity contribution is -0.141. The van der Waals surface area contributed by atoms with Crippen LogP contribution in [-0.4, -0.2) is 23.0 Å². The minimum absolute atomic E-state index is 0.0652. The smallest absolute Gasteiger partial charge is 0.306 e. The van der Waals surface area contributed by atoms with Crippen molar-refractivity contribution in [3.8, 4) is 0 Å². The minimum Gasteiger partial charge on any atom is -0.481 e. The van der Waals surface area contributed by atoms with Crippen LogP contribution in [0.3, 0.4) is 0 Å². The molecule has 0 radical (unpaired) electrons. The summed E-state index contributed by atoms with van der Waals surface area (Å²) in [5.41, 5.74) is 0. The van der Waals surface area contributed by atoms with Crippen LogP contribution < -0.4 is 5.32 Å². The number of aliphatic carboxylic acids is 1. The molecule has 4 saturated carbocycles. The Morgan fingerprint density at radius 1 is 0.857 bits per heavy atom. The third kappa shape index (κ3) is 2.18. The van der Waals surface area contributed by atoms with Crippen molar-refractivity contribution in [2.45, 2.75) is 57.4 Å². The van der Waals surface area contributed by atoms with Gasteiger partial charge in [-0.05, 0) is 68.6 Å². The zero-order valence-electron chi connectivity index (χ0n) is 12.5. The van der Waals surface area contributed by atoms with Gasteiger partial charge in [-0.25, -0.2) is 0 Å². The van der Waals surface area contributed by atoms with Crippen molar-refractivity contribution >= 4 is 11.9 Å². The van der Waals surface area contributed by atoms with E-state index in [9.17, 15) is 9.59 Å². The van der Waals surface area contributed by atoms with Gasteiger partial charge < -0.3 is 10.4 Å². The SMILES string of the molecule is O=C(O)[C@H]1CC[C@@H](C(=O)NC2CC3CC2C2CCCC32)C1. The number of rotatable bonds is 3. The van der Waals surface area contributed by atoms with E-state index in [0.29, 0.717) is 24.8 Å². The Bertz CT molecular complexity index is 463. The number of fused-ring (bicyclic) bond motifs is 5. The van der Waals surface area contributed by atoms with E-state index in [1.165, 1.54) is 32.1 Å². The Morgan fingerprint density at radius 3 is 2.38 bits per heavy atom. The zero-order chi connectivity index (χ0) is 14.6. The van der Waals surface area contributed by atoms with E-state index in [0.717, 1.165) is 24.2 Å². The summed E-state index contributed by atoms with van der Waals surface area (Å²) in [6.45, 7) is 0. The van der Waals surface area contributed by atoms with Gasteiger partial charge >= 0.3 is 5.97 Å². The lowest BCUT2D eigenvalue weighted by atomic mass is 9.79. The Hall–Kier alpha value is -1.06. The summed E-state index contributed by atoms with van der Waals surface area (Å²) in [6.07, 6.45) is 8.60. The van der Waals surface area contributed by atoms with Crippen molar-refractivity contribution in [2.24, 2.45) is 35.5 Å². The van der Waals surface area contributed by atoms with Crippen molar-refractivity contribution in [2.75, 3.05) is 0 Å². The largest absolute Gasteiger partial charge is 0.481 e. The first-order chi connectivity index (χ1) is 10.1. The molecule has 0 saturated heterocycles. The van der Waals surface area contributed by atoms with Crippen LogP contribution in [0.15, 0.2) is 0 Å². The van der Waals surface area contributed by atoms with Gasteiger partial charge in [0.05, 0.1) is 5.92 Å². The molecule has 4 aliphatic rings. The molecule has 0 spiro atoms. The van der Waals surface area contributed by atoms with Gasteiger partial charge in [0.15, 0.2) is 0 Å². The molecule has 4 rings (SSSR count). The molecular weight excluding hydrogens is 266 g/mol. The number of hydrogen-bond donors (Lipinski definition) is 2. The maximum absolute atomic E-state index is 12.4. The highest BCUT2D eigenvalue weighted by Gasteiger charge is 2.54. The zero-order valence-corrected chi connectivity index (χ0v) is 12.5. The van der Waals surface area contributed by atoms with E-state index in [1.54, 1.807) is 0 Å². The topological polar surface area (TPSA) is 66.4 Å². The number of carboxylic acid groups (broad SMARTS) is 1. The molecule has 0 aromatic carbocycles. The van der Waals surface area contributed by atoms with E-state index >= 15 is 0 Å². The van der Waals surface area contributed by atoms with Crippen LogP contribution in [0.5, 0.6) is 0 Å². The average Bonchev–Trinajstić information content (AvgIpc) is 3.20. The molecule has 2 bridgehead atoms. The van der Waals surface area contributed by atoms with Crippen molar-refractivity contribution in [1.29, 1.82) is 0 Å². The number of hydrogen-bond acceptors (Lipinski definition) is 2. The summed E-state index contributed by atoms with van der Waals surface area (Å²) in [5.74, 6) is 2.40. The van der Waals surface area contributed by atoms with Crippen LogP contribution >= 0.6 is 0 Å². The first-order valence-corrected chi connectivity index (χ1v) is 8.66. The molecule has 21 heavy (non-hydrogen) atoms. The van der Waals surface area contributed by atoms with Crippen molar-refractivity contribution < 1.29 is 14.7 Å². The number of carboxylic acids is 1. The predicted octanol–water partition coefficient (Wildman–Crippen LogP) is 2.43. The molecule has 2 N–H and O–H groups in total. The Kier molecular flexibility index (Phi) is 3.23. The second-order valence-electron chi connectivity index (χ2n) is 7.81. The quantitative estimate of drug-likeness (QED) is 0.839. The molecule has 1 amide bonds. The summed E-state index contributed by atoms with van der Waals surface area (Å²) >= 11 is 0. The second kappa shape index (κ2) is 4.99. The maximum Gasteiger partial charge on any atom is 0.306 e. The van der Waals surface area contributed by atoms with E-state index < -0.39 is 5.97 Å².